The molecule has 0 heterocycles. The first-order valence-corrected chi connectivity index (χ1v) is 9.61. The van der Waals surface area contributed by atoms with Crippen LogP contribution in [0.4, 0.5) is 5.69 Å². The van der Waals surface area contributed by atoms with E-state index < -0.39 is 0 Å². The van der Waals surface area contributed by atoms with Gasteiger partial charge in [0.05, 0.1) is 7.05 Å². The zero-order chi connectivity index (χ0) is 19.6. The Morgan fingerprint density at radius 2 is 1.54 bits per heavy atom. The highest BCUT2D eigenvalue weighted by molar-refractivity contribution is 5.92. The Morgan fingerprint density at radius 3 is 2.29 bits per heavy atom. The van der Waals surface area contributed by atoms with Crippen molar-refractivity contribution in [1.82, 2.24) is 0 Å². The molecule has 0 bridgehead atoms. The predicted molar refractivity (Wildman–Crippen MR) is 113 cm³/mol. The molecule has 2 N–H and O–H groups in total. The van der Waals surface area contributed by atoms with Gasteiger partial charge in [-0.25, -0.2) is 0 Å². The van der Waals surface area contributed by atoms with Crippen LogP contribution in [0.25, 0.3) is 0 Å². The van der Waals surface area contributed by atoms with Crippen molar-refractivity contribution in [3.8, 4) is 5.75 Å². The maximum atomic E-state index is 12.5. The molecule has 0 aromatic heterocycles. The van der Waals surface area contributed by atoms with Gasteiger partial charge in [-0.2, -0.15) is 0 Å². The number of quaternary nitrogens is 1. The molecule has 0 radical (unpaired) electrons. The highest BCUT2D eigenvalue weighted by Gasteiger charge is 2.12. The van der Waals surface area contributed by atoms with Crippen molar-refractivity contribution in [2.24, 2.45) is 0 Å². The van der Waals surface area contributed by atoms with Crippen LogP contribution in [0.3, 0.4) is 0 Å². The first-order chi connectivity index (χ1) is 13.7. The van der Waals surface area contributed by atoms with E-state index in [0.29, 0.717) is 13.2 Å². The van der Waals surface area contributed by atoms with E-state index >= 15 is 0 Å². The topological polar surface area (TPSA) is 42.8 Å². The molecule has 0 fully saturated rings. The Bertz CT molecular complexity index is 866. The minimum Gasteiger partial charge on any atom is -0.488 e. The third-order valence-corrected chi connectivity index (χ3v) is 4.53. The molecule has 4 heteroatoms. The Morgan fingerprint density at radius 1 is 0.893 bits per heavy atom. The normalized spacial score (nSPS) is 11.6. The fourth-order valence-corrected chi connectivity index (χ4v) is 3.03. The maximum absolute atomic E-state index is 12.5. The van der Waals surface area contributed by atoms with Crippen LogP contribution in [-0.2, 0) is 11.2 Å². The minimum absolute atomic E-state index is 0.0118. The molecule has 144 valence electrons. The molecule has 0 aliphatic rings. The van der Waals surface area contributed by atoms with Gasteiger partial charge < -0.3 is 15.0 Å². The van der Waals surface area contributed by atoms with Crippen LogP contribution in [0.2, 0.25) is 0 Å². The van der Waals surface area contributed by atoms with E-state index in [1.54, 1.807) is 0 Å². The van der Waals surface area contributed by atoms with Crippen molar-refractivity contribution in [2.45, 2.75) is 6.42 Å². The van der Waals surface area contributed by atoms with Gasteiger partial charge in [0.25, 0.3) is 5.91 Å². The molecule has 1 amide bonds. The van der Waals surface area contributed by atoms with E-state index in [2.05, 4.69) is 23.5 Å². The Kier molecular flexibility index (Phi) is 7.21. The zero-order valence-corrected chi connectivity index (χ0v) is 16.2. The SMILES string of the molecule is C[NH+](CCOc1ccccc1)CC(=O)Nc1ccccc1Cc1ccccc1. The molecular weight excluding hydrogens is 348 g/mol. The first kappa shape index (κ1) is 19.6. The second-order valence-corrected chi connectivity index (χ2v) is 6.91. The lowest BCUT2D eigenvalue weighted by atomic mass is 10.0. The van der Waals surface area contributed by atoms with Crippen LogP contribution in [0.5, 0.6) is 5.75 Å². The number of likely N-dealkylation sites (N-methyl/N-ethyl adjacent to an activating group) is 1. The van der Waals surface area contributed by atoms with Crippen LogP contribution < -0.4 is 15.0 Å². The van der Waals surface area contributed by atoms with Crippen LogP contribution in [-0.4, -0.2) is 32.7 Å². The number of carbonyl (C=O) groups excluding carboxylic acids is 1. The Balaban J connectivity index is 1.49. The summed E-state index contributed by atoms with van der Waals surface area (Å²) in [5.41, 5.74) is 3.22. The molecule has 1 unspecified atom stereocenters. The molecule has 4 nitrogen and oxygen atoms in total. The molecule has 3 rings (SSSR count). The summed E-state index contributed by atoms with van der Waals surface area (Å²) >= 11 is 0. The summed E-state index contributed by atoms with van der Waals surface area (Å²) in [5.74, 6) is 0.868. The lowest BCUT2D eigenvalue weighted by Gasteiger charge is -2.16. The molecule has 0 aliphatic carbocycles. The van der Waals surface area contributed by atoms with E-state index in [9.17, 15) is 4.79 Å². The number of ether oxygens (including phenoxy) is 1. The van der Waals surface area contributed by atoms with E-state index in [1.165, 1.54) is 5.56 Å². The van der Waals surface area contributed by atoms with Gasteiger partial charge in [-0.15, -0.1) is 0 Å². The summed E-state index contributed by atoms with van der Waals surface area (Å²) in [7, 11) is 2.00. The molecule has 28 heavy (non-hydrogen) atoms. The third kappa shape index (κ3) is 6.25. The molecule has 0 saturated heterocycles. The van der Waals surface area contributed by atoms with Crippen LogP contribution in [0, 0.1) is 0 Å². The van der Waals surface area contributed by atoms with Crippen molar-refractivity contribution >= 4 is 11.6 Å². The van der Waals surface area contributed by atoms with Gasteiger partial charge in [0, 0.05) is 5.69 Å². The number of carbonyl (C=O) groups is 1. The van der Waals surface area contributed by atoms with Crippen LogP contribution in [0.1, 0.15) is 11.1 Å². The first-order valence-electron chi connectivity index (χ1n) is 9.61. The van der Waals surface area contributed by atoms with E-state index in [0.717, 1.165) is 34.9 Å². The summed E-state index contributed by atoms with van der Waals surface area (Å²) in [6.07, 6.45) is 0.797. The molecule has 3 aromatic rings. The van der Waals surface area contributed by atoms with Crippen LogP contribution in [0.15, 0.2) is 84.9 Å². The van der Waals surface area contributed by atoms with Gasteiger partial charge in [0.1, 0.15) is 18.9 Å². The maximum Gasteiger partial charge on any atom is 0.279 e. The Labute approximate surface area is 166 Å². The third-order valence-electron chi connectivity index (χ3n) is 4.53. The van der Waals surface area contributed by atoms with Gasteiger partial charge in [-0.1, -0.05) is 66.7 Å². The lowest BCUT2D eigenvalue weighted by molar-refractivity contribution is -0.871. The van der Waals surface area contributed by atoms with Crippen molar-refractivity contribution in [1.29, 1.82) is 0 Å². The van der Waals surface area contributed by atoms with E-state index in [1.807, 2.05) is 73.8 Å². The number of nitrogens with one attached hydrogen (secondary N) is 2. The highest BCUT2D eigenvalue weighted by atomic mass is 16.5. The fourth-order valence-electron chi connectivity index (χ4n) is 3.03. The largest absolute Gasteiger partial charge is 0.488 e. The summed E-state index contributed by atoms with van der Waals surface area (Å²) in [4.78, 5) is 13.6. The zero-order valence-electron chi connectivity index (χ0n) is 16.2. The lowest BCUT2D eigenvalue weighted by Crippen LogP contribution is -3.10. The van der Waals surface area contributed by atoms with Crippen molar-refractivity contribution in [3.05, 3.63) is 96.1 Å². The summed E-state index contributed by atoms with van der Waals surface area (Å²) in [6.45, 7) is 1.74. The molecule has 0 saturated carbocycles. The highest BCUT2D eigenvalue weighted by Crippen LogP contribution is 2.18. The number of amides is 1. The molecule has 0 spiro atoms. The van der Waals surface area contributed by atoms with Gasteiger partial charge >= 0.3 is 0 Å². The average Bonchev–Trinajstić information content (AvgIpc) is 2.71. The number of hydrogen-bond acceptors (Lipinski definition) is 2. The van der Waals surface area contributed by atoms with Crippen molar-refractivity contribution in [3.63, 3.8) is 0 Å². The average molecular weight is 375 g/mol. The molecule has 3 aromatic carbocycles. The van der Waals surface area contributed by atoms with Gasteiger partial charge in [0.15, 0.2) is 6.54 Å². The monoisotopic (exact) mass is 375 g/mol. The minimum atomic E-state index is 0.0118. The smallest absolute Gasteiger partial charge is 0.279 e. The van der Waals surface area contributed by atoms with Crippen molar-refractivity contribution < 1.29 is 14.4 Å². The van der Waals surface area contributed by atoms with E-state index in [4.69, 9.17) is 4.74 Å². The van der Waals surface area contributed by atoms with Gasteiger partial charge in [-0.05, 0) is 35.7 Å². The molecular formula is C24H27N2O2+. The number of para-hydroxylation sites is 2. The number of rotatable bonds is 9. The van der Waals surface area contributed by atoms with Crippen molar-refractivity contribution in [2.75, 3.05) is 32.1 Å². The number of hydrogen-bond donors (Lipinski definition) is 2. The van der Waals surface area contributed by atoms with E-state index in [-0.39, 0.29) is 5.91 Å². The summed E-state index contributed by atoms with van der Waals surface area (Å²) in [5, 5.41) is 3.07. The molecule has 0 aliphatic heterocycles. The van der Waals surface area contributed by atoms with Crippen LogP contribution >= 0.6 is 0 Å². The standard InChI is InChI=1S/C24H26N2O2/c1-26(16-17-28-22-13-6-3-7-14-22)19-24(27)25-23-15-9-8-12-21(23)18-20-10-4-2-5-11-20/h2-15H,16-19H2,1H3,(H,25,27)/p+1. The second kappa shape index (κ2) is 10.3. The Hall–Kier alpha value is -3.11. The quantitative estimate of drug-likeness (QED) is 0.604. The number of benzene rings is 3. The summed E-state index contributed by atoms with van der Waals surface area (Å²) < 4.78 is 5.71. The molecule has 1 atom stereocenters. The summed E-state index contributed by atoms with van der Waals surface area (Å²) in [6, 6.07) is 28.0. The predicted octanol–water partition coefficient (Wildman–Crippen LogP) is 2.81. The fraction of sp³-hybridized carbons (Fsp3) is 0.208. The van der Waals surface area contributed by atoms with Gasteiger partial charge in [0.2, 0.25) is 0 Å². The van der Waals surface area contributed by atoms with Gasteiger partial charge in [-0.3, -0.25) is 4.79 Å². The second-order valence-electron chi connectivity index (χ2n) is 6.91. The number of anilines is 1.